The lowest BCUT2D eigenvalue weighted by Gasteiger charge is -2.02. The summed E-state index contributed by atoms with van der Waals surface area (Å²) in [6.45, 7) is 0. The molecular formula is C10H6NO3-. The summed E-state index contributed by atoms with van der Waals surface area (Å²) in [5, 5.41) is 20.9. The maximum absolute atomic E-state index is 11.3. The smallest absolute Gasteiger partial charge is 0.128 e. The van der Waals surface area contributed by atoms with E-state index in [1.165, 1.54) is 7.11 Å². The maximum atomic E-state index is 11.3. The second kappa shape index (κ2) is 2.96. The highest BCUT2D eigenvalue weighted by Gasteiger charge is 2.08. The predicted octanol–water partition coefficient (Wildman–Crippen LogP) is 1.39. The molecule has 0 bridgehead atoms. The van der Waals surface area contributed by atoms with Crippen LogP contribution in [-0.4, -0.2) is 7.11 Å². The van der Waals surface area contributed by atoms with Crippen molar-refractivity contribution in [1.82, 2.24) is 0 Å². The fourth-order valence-corrected chi connectivity index (χ4v) is 1.38. The molecule has 4 nitrogen and oxygen atoms in total. The topological polar surface area (TPSA) is 69.2 Å². The van der Waals surface area contributed by atoms with E-state index in [-0.39, 0.29) is 5.76 Å². The molecule has 0 radical (unpaired) electrons. The van der Waals surface area contributed by atoms with Gasteiger partial charge in [0.15, 0.2) is 0 Å². The van der Waals surface area contributed by atoms with Crippen molar-refractivity contribution in [3.63, 3.8) is 0 Å². The van der Waals surface area contributed by atoms with E-state index in [9.17, 15) is 5.11 Å². The van der Waals surface area contributed by atoms with Crippen LogP contribution < -0.4 is 9.84 Å². The van der Waals surface area contributed by atoms with Crippen LogP contribution in [-0.2, 0) is 0 Å². The van der Waals surface area contributed by atoms with Crippen molar-refractivity contribution in [2.45, 2.75) is 0 Å². The third-order valence-electron chi connectivity index (χ3n) is 1.99. The average Bonchev–Trinajstić information content (AvgIpc) is 2.55. The Balaban J connectivity index is 2.90. The van der Waals surface area contributed by atoms with E-state index < -0.39 is 5.95 Å². The van der Waals surface area contributed by atoms with E-state index in [1.54, 1.807) is 18.2 Å². The zero-order valence-electron chi connectivity index (χ0n) is 7.40. The van der Waals surface area contributed by atoms with Gasteiger partial charge in [0.05, 0.1) is 18.8 Å². The fourth-order valence-electron chi connectivity index (χ4n) is 1.38. The van der Waals surface area contributed by atoms with Crippen LogP contribution >= 0.6 is 0 Å². The van der Waals surface area contributed by atoms with Crippen LogP contribution in [0.15, 0.2) is 22.6 Å². The molecule has 0 fully saturated rings. The Hall–Kier alpha value is -2.15. The van der Waals surface area contributed by atoms with Gasteiger partial charge in [-0.2, -0.15) is 5.26 Å². The van der Waals surface area contributed by atoms with Gasteiger partial charge in [0.1, 0.15) is 11.8 Å². The number of nitrogens with zero attached hydrogens (tertiary/aromatic N) is 1. The zero-order chi connectivity index (χ0) is 10.1. The minimum Gasteiger partial charge on any atom is -0.569 e. The summed E-state index contributed by atoms with van der Waals surface area (Å²) in [7, 11) is 1.47. The Morgan fingerprint density at radius 1 is 1.50 bits per heavy atom. The minimum absolute atomic E-state index is 0.0314. The number of furan rings is 1. The summed E-state index contributed by atoms with van der Waals surface area (Å²) in [5.41, 5.74) is 0. The summed E-state index contributed by atoms with van der Waals surface area (Å²) >= 11 is 0. The van der Waals surface area contributed by atoms with E-state index in [2.05, 4.69) is 0 Å². The lowest BCUT2D eigenvalue weighted by molar-refractivity contribution is -0.291. The van der Waals surface area contributed by atoms with Crippen LogP contribution in [0.25, 0.3) is 10.8 Å². The fraction of sp³-hybridized carbons (Fsp3) is 0.100. The summed E-state index contributed by atoms with van der Waals surface area (Å²) in [6, 6.07) is 6.83. The standard InChI is InChI=1S/C10H7NO3/c1-13-7-4-2-3-6-8(5-11)14-10(12)9(6)7/h2-4,12H,1H3/p-1. The molecule has 0 aliphatic heterocycles. The molecule has 0 aliphatic rings. The molecule has 0 amide bonds. The van der Waals surface area contributed by atoms with Crippen LogP contribution in [0, 0.1) is 11.3 Å². The number of hydrogen-bond acceptors (Lipinski definition) is 4. The van der Waals surface area contributed by atoms with Gasteiger partial charge in [0.2, 0.25) is 0 Å². The summed E-state index contributed by atoms with van der Waals surface area (Å²) in [4.78, 5) is 0. The van der Waals surface area contributed by atoms with Crippen LogP contribution in [0.1, 0.15) is 5.76 Å². The molecule has 70 valence electrons. The van der Waals surface area contributed by atoms with Crippen molar-refractivity contribution in [3.8, 4) is 17.8 Å². The molecule has 1 aromatic carbocycles. The van der Waals surface area contributed by atoms with Gasteiger partial charge in [-0.05, 0) is 6.07 Å². The van der Waals surface area contributed by atoms with Gasteiger partial charge in [0, 0.05) is 10.8 Å². The number of methoxy groups -OCH3 is 1. The Labute approximate surface area is 79.9 Å². The van der Waals surface area contributed by atoms with E-state index in [4.69, 9.17) is 14.4 Å². The largest absolute Gasteiger partial charge is 0.569 e. The molecule has 2 aromatic rings. The minimum atomic E-state index is -0.533. The Morgan fingerprint density at radius 2 is 2.29 bits per heavy atom. The van der Waals surface area contributed by atoms with Crippen LogP contribution in [0.4, 0.5) is 0 Å². The molecular weight excluding hydrogens is 182 g/mol. The second-order valence-corrected chi connectivity index (χ2v) is 2.71. The molecule has 0 N–H and O–H groups in total. The normalized spacial score (nSPS) is 10.0. The van der Waals surface area contributed by atoms with Gasteiger partial charge in [-0.3, -0.25) is 0 Å². The Morgan fingerprint density at radius 3 is 2.93 bits per heavy atom. The number of fused-ring (bicyclic) bond motifs is 1. The first-order valence-electron chi connectivity index (χ1n) is 3.94. The number of rotatable bonds is 1. The molecule has 4 heteroatoms. The highest BCUT2D eigenvalue weighted by molar-refractivity contribution is 5.95. The number of benzene rings is 1. The molecule has 0 atom stereocenters. The van der Waals surface area contributed by atoms with Gasteiger partial charge in [-0.15, -0.1) is 0 Å². The summed E-state index contributed by atoms with van der Waals surface area (Å²) < 4.78 is 9.76. The quantitative estimate of drug-likeness (QED) is 0.677. The Kier molecular flexibility index (Phi) is 1.79. The van der Waals surface area contributed by atoms with Gasteiger partial charge in [-0.25, -0.2) is 0 Å². The number of hydrogen-bond donors (Lipinski definition) is 0. The molecule has 0 saturated heterocycles. The second-order valence-electron chi connectivity index (χ2n) is 2.71. The van der Waals surface area contributed by atoms with Crippen LogP contribution in [0.3, 0.4) is 0 Å². The molecule has 1 aromatic heterocycles. The monoisotopic (exact) mass is 188 g/mol. The first kappa shape index (κ1) is 8.45. The molecule has 2 rings (SSSR count). The van der Waals surface area contributed by atoms with E-state index in [1.807, 2.05) is 6.07 Å². The van der Waals surface area contributed by atoms with Gasteiger partial charge in [0.25, 0.3) is 0 Å². The molecule has 0 spiro atoms. The lowest BCUT2D eigenvalue weighted by atomic mass is 10.1. The highest BCUT2D eigenvalue weighted by Crippen LogP contribution is 2.35. The molecule has 14 heavy (non-hydrogen) atoms. The summed E-state index contributed by atoms with van der Waals surface area (Å²) in [6.07, 6.45) is 0. The molecule has 1 heterocycles. The zero-order valence-corrected chi connectivity index (χ0v) is 7.40. The van der Waals surface area contributed by atoms with Crippen LogP contribution in [0.5, 0.6) is 11.7 Å². The molecule has 0 saturated carbocycles. The molecule has 0 aliphatic carbocycles. The van der Waals surface area contributed by atoms with Gasteiger partial charge < -0.3 is 14.3 Å². The average molecular weight is 188 g/mol. The third-order valence-corrected chi connectivity index (χ3v) is 1.99. The predicted molar refractivity (Wildman–Crippen MR) is 46.9 cm³/mol. The van der Waals surface area contributed by atoms with Gasteiger partial charge in [-0.1, -0.05) is 12.1 Å². The van der Waals surface area contributed by atoms with E-state index in [0.717, 1.165) is 0 Å². The van der Waals surface area contributed by atoms with Crippen molar-refractivity contribution in [1.29, 1.82) is 5.26 Å². The first-order valence-corrected chi connectivity index (χ1v) is 3.94. The van der Waals surface area contributed by atoms with E-state index >= 15 is 0 Å². The van der Waals surface area contributed by atoms with Crippen molar-refractivity contribution < 1.29 is 14.3 Å². The van der Waals surface area contributed by atoms with Gasteiger partial charge >= 0.3 is 0 Å². The van der Waals surface area contributed by atoms with Crippen molar-refractivity contribution >= 4 is 10.8 Å². The van der Waals surface area contributed by atoms with Crippen molar-refractivity contribution in [3.05, 3.63) is 24.0 Å². The summed E-state index contributed by atoms with van der Waals surface area (Å²) in [5.74, 6) is -0.0735. The molecule has 0 unspecified atom stereocenters. The Bertz CT molecular complexity index is 522. The van der Waals surface area contributed by atoms with Crippen LogP contribution in [0.2, 0.25) is 0 Å². The SMILES string of the molecule is COc1cccc2c(C#N)oc([O-])c12. The van der Waals surface area contributed by atoms with E-state index in [0.29, 0.717) is 16.5 Å². The van der Waals surface area contributed by atoms with Crippen molar-refractivity contribution in [2.75, 3.05) is 7.11 Å². The third kappa shape index (κ3) is 0.995. The van der Waals surface area contributed by atoms with Crippen molar-refractivity contribution in [2.24, 2.45) is 0 Å². The first-order chi connectivity index (χ1) is 6.77. The maximum Gasteiger partial charge on any atom is 0.128 e. The number of nitriles is 1. The lowest BCUT2D eigenvalue weighted by Crippen LogP contribution is -1.89. The highest BCUT2D eigenvalue weighted by atomic mass is 16.5. The number of ether oxygens (including phenoxy) is 1.